The van der Waals surface area contributed by atoms with Crippen LogP contribution < -0.4 is 0 Å². The quantitative estimate of drug-likeness (QED) is 0.478. The molecule has 0 heterocycles. The van der Waals surface area contributed by atoms with Gasteiger partial charge in [-0.05, 0) is 12.8 Å². The Kier molecular flexibility index (Phi) is 3.71. The highest BCUT2D eigenvalue weighted by atomic mass is 16.3. The first kappa shape index (κ1) is 6.70. The van der Waals surface area contributed by atoms with Crippen molar-refractivity contribution in [3.8, 4) is 0 Å². The SMILES string of the molecule is C=CCC([O])[CH]C. The predicted octanol–water partition coefficient (Wildman–Crippen LogP) is 1.59. The highest BCUT2D eigenvalue weighted by Gasteiger charge is 1.96. The molecule has 1 heteroatoms. The van der Waals surface area contributed by atoms with E-state index in [-0.39, 0.29) is 0 Å². The van der Waals surface area contributed by atoms with Gasteiger partial charge in [0, 0.05) is 0 Å². The van der Waals surface area contributed by atoms with Crippen molar-refractivity contribution in [1.82, 2.24) is 0 Å². The lowest BCUT2D eigenvalue weighted by molar-refractivity contribution is 0.119. The Hall–Kier alpha value is -0.300. The van der Waals surface area contributed by atoms with Crippen molar-refractivity contribution in [3.63, 3.8) is 0 Å². The summed E-state index contributed by atoms with van der Waals surface area (Å²) in [7, 11) is 0. The molecular weight excluding hydrogens is 88.1 g/mol. The summed E-state index contributed by atoms with van der Waals surface area (Å²) in [4.78, 5) is 0. The van der Waals surface area contributed by atoms with Crippen LogP contribution in [0.1, 0.15) is 13.3 Å². The van der Waals surface area contributed by atoms with E-state index in [4.69, 9.17) is 0 Å². The minimum Gasteiger partial charge on any atom is -0.232 e. The van der Waals surface area contributed by atoms with E-state index in [1.54, 1.807) is 19.4 Å². The molecule has 7 heavy (non-hydrogen) atoms. The molecule has 0 fully saturated rings. The van der Waals surface area contributed by atoms with E-state index in [9.17, 15) is 5.11 Å². The molecule has 0 aromatic carbocycles. The Bertz CT molecular complexity index is 50.1. The topological polar surface area (TPSA) is 19.9 Å². The van der Waals surface area contributed by atoms with Gasteiger partial charge >= 0.3 is 0 Å². The maximum Gasteiger partial charge on any atom is 0.0993 e. The van der Waals surface area contributed by atoms with E-state index >= 15 is 0 Å². The van der Waals surface area contributed by atoms with Gasteiger partial charge in [0.2, 0.25) is 0 Å². The van der Waals surface area contributed by atoms with Gasteiger partial charge in [0.15, 0.2) is 0 Å². The van der Waals surface area contributed by atoms with Gasteiger partial charge < -0.3 is 0 Å². The second-order valence-corrected chi connectivity index (χ2v) is 1.40. The smallest absolute Gasteiger partial charge is 0.0993 e. The van der Waals surface area contributed by atoms with Gasteiger partial charge in [-0.15, -0.1) is 6.58 Å². The van der Waals surface area contributed by atoms with E-state index in [0.29, 0.717) is 6.42 Å². The monoisotopic (exact) mass is 98.1 g/mol. The van der Waals surface area contributed by atoms with Crippen LogP contribution in [0.25, 0.3) is 0 Å². The molecule has 1 nitrogen and oxygen atoms in total. The summed E-state index contributed by atoms with van der Waals surface area (Å²) >= 11 is 0. The summed E-state index contributed by atoms with van der Waals surface area (Å²) in [5, 5.41) is 10.4. The molecule has 0 aromatic rings. The molecule has 1 atom stereocenters. The van der Waals surface area contributed by atoms with Crippen molar-refractivity contribution < 1.29 is 5.11 Å². The van der Waals surface area contributed by atoms with Crippen molar-refractivity contribution in [3.05, 3.63) is 19.1 Å². The summed E-state index contributed by atoms with van der Waals surface area (Å²) in [6.07, 6.45) is 3.27. The van der Waals surface area contributed by atoms with Crippen molar-refractivity contribution in [1.29, 1.82) is 0 Å². The largest absolute Gasteiger partial charge is 0.232 e. The molecule has 0 bridgehead atoms. The summed E-state index contributed by atoms with van der Waals surface area (Å²) in [5.41, 5.74) is 0. The molecule has 40 valence electrons. The Morgan fingerprint density at radius 1 is 1.86 bits per heavy atom. The second-order valence-electron chi connectivity index (χ2n) is 1.40. The standard InChI is InChI=1S/C6H10O/c1-3-5-6(7)4-2/h3-4,6H,1,5H2,2H3. The van der Waals surface area contributed by atoms with Crippen LogP contribution in [-0.4, -0.2) is 6.10 Å². The van der Waals surface area contributed by atoms with Gasteiger partial charge in [-0.2, -0.15) is 0 Å². The first-order valence-electron chi connectivity index (χ1n) is 2.37. The molecule has 0 spiro atoms. The predicted molar refractivity (Wildman–Crippen MR) is 29.3 cm³/mol. The third-order valence-electron chi connectivity index (χ3n) is 0.771. The van der Waals surface area contributed by atoms with Crippen molar-refractivity contribution in [2.24, 2.45) is 0 Å². The molecule has 0 aliphatic rings. The zero-order valence-electron chi connectivity index (χ0n) is 4.55. The molecule has 1 unspecified atom stereocenters. The van der Waals surface area contributed by atoms with Crippen molar-refractivity contribution in [2.45, 2.75) is 19.4 Å². The van der Waals surface area contributed by atoms with E-state index in [1.807, 2.05) is 0 Å². The minimum absolute atomic E-state index is 0.544. The van der Waals surface area contributed by atoms with E-state index in [2.05, 4.69) is 6.58 Å². The minimum atomic E-state index is -0.544. The molecule has 0 saturated heterocycles. The fourth-order valence-electron chi connectivity index (χ4n) is 0.300. The molecule has 0 rings (SSSR count). The molecule has 0 aliphatic carbocycles. The third-order valence-corrected chi connectivity index (χ3v) is 0.771. The van der Waals surface area contributed by atoms with E-state index < -0.39 is 6.10 Å². The highest BCUT2D eigenvalue weighted by molar-refractivity contribution is 4.78. The fourth-order valence-corrected chi connectivity index (χ4v) is 0.300. The Labute approximate surface area is 44.7 Å². The zero-order valence-corrected chi connectivity index (χ0v) is 4.55. The molecule has 0 aliphatic heterocycles. The lowest BCUT2D eigenvalue weighted by atomic mass is 10.2. The molecule has 0 amide bonds. The van der Waals surface area contributed by atoms with Crippen LogP contribution >= 0.6 is 0 Å². The van der Waals surface area contributed by atoms with E-state index in [0.717, 1.165) is 0 Å². The Morgan fingerprint density at radius 3 is 2.57 bits per heavy atom. The summed E-state index contributed by atoms with van der Waals surface area (Å²) in [6, 6.07) is 0. The van der Waals surface area contributed by atoms with Crippen LogP contribution in [0.3, 0.4) is 0 Å². The maximum absolute atomic E-state index is 10.4. The summed E-state index contributed by atoms with van der Waals surface area (Å²) in [5.74, 6) is 0. The van der Waals surface area contributed by atoms with Gasteiger partial charge in [0.25, 0.3) is 0 Å². The lowest BCUT2D eigenvalue weighted by Crippen LogP contribution is -1.99. The third kappa shape index (κ3) is 3.53. The van der Waals surface area contributed by atoms with Crippen LogP contribution in [-0.2, 0) is 5.11 Å². The van der Waals surface area contributed by atoms with Crippen LogP contribution in [0, 0.1) is 6.42 Å². The first-order valence-corrected chi connectivity index (χ1v) is 2.37. The normalized spacial score (nSPS) is 13.4. The average Bonchev–Trinajstić information content (AvgIpc) is 1.68. The lowest BCUT2D eigenvalue weighted by Gasteiger charge is -1.95. The highest BCUT2D eigenvalue weighted by Crippen LogP contribution is 1.94. The summed E-state index contributed by atoms with van der Waals surface area (Å²) < 4.78 is 0. The van der Waals surface area contributed by atoms with Crippen LogP contribution in [0.15, 0.2) is 12.7 Å². The van der Waals surface area contributed by atoms with Crippen molar-refractivity contribution in [2.75, 3.05) is 0 Å². The number of hydrogen-bond acceptors (Lipinski definition) is 0. The Balaban J connectivity index is 2.98. The average molecular weight is 98.1 g/mol. The maximum atomic E-state index is 10.4. The van der Waals surface area contributed by atoms with Gasteiger partial charge in [0.1, 0.15) is 0 Å². The van der Waals surface area contributed by atoms with Gasteiger partial charge in [-0.3, -0.25) is 0 Å². The summed E-state index contributed by atoms with van der Waals surface area (Å²) in [6.45, 7) is 5.19. The molecular formula is C6H10O. The fraction of sp³-hybridized carbons (Fsp3) is 0.500. The van der Waals surface area contributed by atoms with Crippen LogP contribution in [0.2, 0.25) is 0 Å². The van der Waals surface area contributed by atoms with Crippen LogP contribution in [0.5, 0.6) is 0 Å². The zero-order chi connectivity index (χ0) is 5.70. The first-order chi connectivity index (χ1) is 3.31. The molecule has 0 saturated carbocycles. The van der Waals surface area contributed by atoms with Gasteiger partial charge in [0.05, 0.1) is 6.10 Å². The number of rotatable bonds is 3. The van der Waals surface area contributed by atoms with Crippen molar-refractivity contribution >= 4 is 0 Å². The molecule has 0 N–H and O–H groups in total. The van der Waals surface area contributed by atoms with Gasteiger partial charge in [-0.1, -0.05) is 13.0 Å². The Morgan fingerprint density at radius 2 is 2.43 bits per heavy atom. The van der Waals surface area contributed by atoms with Crippen LogP contribution in [0.4, 0.5) is 0 Å². The molecule has 0 aromatic heterocycles. The second kappa shape index (κ2) is 3.88. The molecule has 2 radical (unpaired) electrons. The number of hydrogen-bond donors (Lipinski definition) is 0. The van der Waals surface area contributed by atoms with Gasteiger partial charge in [-0.25, -0.2) is 5.11 Å². The van der Waals surface area contributed by atoms with E-state index in [1.165, 1.54) is 0 Å².